The zero-order valence-corrected chi connectivity index (χ0v) is 16.7. The second-order valence-corrected chi connectivity index (χ2v) is 6.38. The highest BCUT2D eigenvalue weighted by atomic mass is 16.5. The van der Waals surface area contributed by atoms with Crippen LogP contribution in [0.5, 0.6) is 0 Å². The highest BCUT2D eigenvalue weighted by Gasteiger charge is 2.18. The van der Waals surface area contributed by atoms with Gasteiger partial charge in [0.1, 0.15) is 6.54 Å². The number of nitrogens with zero attached hydrogens (tertiary/aromatic N) is 1. The van der Waals surface area contributed by atoms with Crippen LogP contribution >= 0.6 is 0 Å². The Kier molecular flexibility index (Phi) is 7.32. The van der Waals surface area contributed by atoms with E-state index in [9.17, 15) is 14.4 Å². The van der Waals surface area contributed by atoms with Crippen LogP contribution in [0.4, 0.5) is 11.4 Å². The fourth-order valence-corrected chi connectivity index (χ4v) is 2.90. The topological polar surface area (TPSA) is 75.7 Å². The summed E-state index contributed by atoms with van der Waals surface area (Å²) >= 11 is 0. The lowest BCUT2D eigenvalue weighted by atomic mass is 10.1. The first-order chi connectivity index (χ1) is 13.4. The zero-order valence-electron chi connectivity index (χ0n) is 16.7. The van der Waals surface area contributed by atoms with Crippen LogP contribution in [0.15, 0.2) is 42.5 Å². The van der Waals surface area contributed by atoms with Crippen LogP contribution in [0, 0.1) is 6.92 Å². The second-order valence-electron chi connectivity index (χ2n) is 6.38. The molecule has 0 unspecified atom stereocenters. The first-order valence-electron chi connectivity index (χ1n) is 9.31. The number of ether oxygens (including phenoxy) is 1. The van der Waals surface area contributed by atoms with Crippen LogP contribution in [0.3, 0.4) is 0 Å². The number of carbonyl (C=O) groups is 3. The molecule has 2 amide bonds. The Labute approximate surface area is 165 Å². The van der Waals surface area contributed by atoms with Crippen LogP contribution in [0.25, 0.3) is 0 Å². The van der Waals surface area contributed by atoms with Crippen molar-refractivity contribution in [1.29, 1.82) is 0 Å². The minimum Gasteiger partial charge on any atom is -0.462 e. The molecule has 0 spiro atoms. The largest absolute Gasteiger partial charge is 0.462 e. The van der Waals surface area contributed by atoms with E-state index >= 15 is 0 Å². The van der Waals surface area contributed by atoms with E-state index in [0.29, 0.717) is 17.9 Å². The van der Waals surface area contributed by atoms with E-state index < -0.39 is 5.97 Å². The number of rotatable bonds is 7. The third kappa shape index (κ3) is 5.19. The standard InChI is InChI=1S/C22H26N2O4/c1-5-17-9-7-8-15(3)21(17)23-20(26)14-24(16(4)25)19-12-10-18(11-13-19)22(27)28-6-2/h7-13H,5-6,14H2,1-4H3,(H,23,26). The first kappa shape index (κ1) is 21.2. The van der Waals surface area contributed by atoms with Gasteiger partial charge in [-0.05, 0) is 55.7 Å². The Balaban J connectivity index is 2.16. The van der Waals surface area contributed by atoms with E-state index in [-0.39, 0.29) is 18.4 Å². The average molecular weight is 382 g/mol. The van der Waals surface area contributed by atoms with Crippen molar-refractivity contribution in [3.05, 3.63) is 59.2 Å². The van der Waals surface area contributed by atoms with Crippen molar-refractivity contribution in [2.45, 2.75) is 34.1 Å². The molecule has 0 aliphatic rings. The van der Waals surface area contributed by atoms with Gasteiger partial charge < -0.3 is 15.0 Å². The average Bonchev–Trinajstić information content (AvgIpc) is 2.68. The van der Waals surface area contributed by atoms with Gasteiger partial charge >= 0.3 is 5.97 Å². The monoisotopic (exact) mass is 382 g/mol. The summed E-state index contributed by atoms with van der Waals surface area (Å²) in [5.74, 6) is -0.971. The van der Waals surface area contributed by atoms with Crippen molar-refractivity contribution in [1.82, 2.24) is 0 Å². The molecule has 2 aromatic carbocycles. The lowest BCUT2D eigenvalue weighted by molar-refractivity contribution is -0.120. The predicted octanol–water partition coefficient (Wildman–Crippen LogP) is 3.73. The van der Waals surface area contributed by atoms with Gasteiger partial charge in [0, 0.05) is 18.3 Å². The van der Waals surface area contributed by atoms with E-state index in [1.807, 2.05) is 32.0 Å². The molecule has 0 saturated carbocycles. The van der Waals surface area contributed by atoms with Crippen LogP contribution in [0.2, 0.25) is 0 Å². The maximum atomic E-state index is 12.6. The summed E-state index contributed by atoms with van der Waals surface area (Å²) in [4.78, 5) is 37.8. The van der Waals surface area contributed by atoms with Gasteiger partial charge in [0.25, 0.3) is 0 Å². The Bertz CT molecular complexity index is 859. The Hall–Kier alpha value is -3.15. The maximum Gasteiger partial charge on any atom is 0.338 e. The van der Waals surface area contributed by atoms with Crippen molar-refractivity contribution in [2.24, 2.45) is 0 Å². The van der Waals surface area contributed by atoms with Gasteiger partial charge in [-0.3, -0.25) is 9.59 Å². The molecule has 0 fully saturated rings. The summed E-state index contributed by atoms with van der Waals surface area (Å²) in [7, 11) is 0. The van der Waals surface area contributed by atoms with E-state index in [1.165, 1.54) is 11.8 Å². The molecule has 0 heterocycles. The third-order valence-electron chi connectivity index (χ3n) is 4.38. The number of carbonyl (C=O) groups excluding carboxylic acids is 3. The molecule has 0 aromatic heterocycles. The molecule has 2 aromatic rings. The summed E-state index contributed by atoms with van der Waals surface area (Å²) < 4.78 is 4.96. The van der Waals surface area contributed by atoms with Crippen LogP contribution < -0.4 is 10.2 Å². The fourth-order valence-electron chi connectivity index (χ4n) is 2.90. The summed E-state index contributed by atoms with van der Waals surface area (Å²) in [5, 5.41) is 2.92. The summed E-state index contributed by atoms with van der Waals surface area (Å²) in [6.45, 7) is 7.27. The number of esters is 1. The summed E-state index contributed by atoms with van der Waals surface area (Å²) in [6.07, 6.45) is 0.795. The number of benzene rings is 2. The molecule has 0 aliphatic heterocycles. The normalized spacial score (nSPS) is 10.3. The quantitative estimate of drug-likeness (QED) is 0.741. The van der Waals surface area contributed by atoms with E-state index in [4.69, 9.17) is 4.74 Å². The van der Waals surface area contributed by atoms with E-state index in [0.717, 1.165) is 23.2 Å². The molecule has 0 atom stereocenters. The van der Waals surface area contributed by atoms with Crippen molar-refractivity contribution >= 4 is 29.2 Å². The zero-order chi connectivity index (χ0) is 20.7. The van der Waals surface area contributed by atoms with Gasteiger partial charge in [0.2, 0.25) is 11.8 Å². The molecule has 0 aliphatic carbocycles. The molecule has 0 radical (unpaired) electrons. The molecule has 1 N–H and O–H groups in total. The molecule has 2 rings (SSSR count). The fraction of sp³-hybridized carbons (Fsp3) is 0.318. The smallest absolute Gasteiger partial charge is 0.338 e. The van der Waals surface area contributed by atoms with Crippen LogP contribution in [0.1, 0.15) is 42.3 Å². The summed E-state index contributed by atoms with van der Waals surface area (Å²) in [5.41, 5.74) is 3.74. The molecule has 0 bridgehead atoms. The SMILES string of the molecule is CCOC(=O)c1ccc(N(CC(=O)Nc2c(C)cccc2CC)C(C)=O)cc1. The third-order valence-corrected chi connectivity index (χ3v) is 4.38. The van der Waals surface area contributed by atoms with Crippen molar-refractivity contribution in [2.75, 3.05) is 23.4 Å². The highest BCUT2D eigenvalue weighted by Crippen LogP contribution is 2.22. The molecule has 148 valence electrons. The first-order valence-corrected chi connectivity index (χ1v) is 9.31. The number of aryl methyl sites for hydroxylation is 2. The maximum absolute atomic E-state index is 12.6. The van der Waals surface area contributed by atoms with Gasteiger partial charge in [-0.15, -0.1) is 0 Å². The minimum absolute atomic E-state index is 0.119. The van der Waals surface area contributed by atoms with Gasteiger partial charge in [-0.1, -0.05) is 25.1 Å². The Morgan fingerprint density at radius 3 is 2.29 bits per heavy atom. The molecule has 6 heteroatoms. The van der Waals surface area contributed by atoms with Gasteiger partial charge in [0.05, 0.1) is 12.2 Å². The second kappa shape index (κ2) is 9.69. The molecule has 6 nitrogen and oxygen atoms in total. The minimum atomic E-state index is -0.423. The summed E-state index contributed by atoms with van der Waals surface area (Å²) in [6, 6.07) is 12.3. The lowest BCUT2D eigenvalue weighted by Gasteiger charge is -2.22. The van der Waals surface area contributed by atoms with E-state index in [2.05, 4.69) is 5.32 Å². The highest BCUT2D eigenvalue weighted by molar-refractivity contribution is 6.02. The molecular formula is C22H26N2O4. The molecular weight excluding hydrogens is 356 g/mol. The van der Waals surface area contributed by atoms with Crippen molar-refractivity contribution in [3.63, 3.8) is 0 Å². The lowest BCUT2D eigenvalue weighted by Crippen LogP contribution is -2.37. The number of hydrogen-bond donors (Lipinski definition) is 1. The number of amides is 2. The predicted molar refractivity (Wildman–Crippen MR) is 110 cm³/mol. The van der Waals surface area contributed by atoms with Crippen LogP contribution in [-0.4, -0.2) is 30.9 Å². The molecule has 0 saturated heterocycles. The Morgan fingerprint density at radius 2 is 1.71 bits per heavy atom. The number of hydrogen-bond acceptors (Lipinski definition) is 4. The van der Waals surface area contributed by atoms with Gasteiger partial charge in [0.15, 0.2) is 0 Å². The van der Waals surface area contributed by atoms with E-state index in [1.54, 1.807) is 31.2 Å². The Morgan fingerprint density at radius 1 is 1.04 bits per heavy atom. The number of para-hydroxylation sites is 1. The number of anilines is 2. The number of nitrogens with one attached hydrogen (secondary N) is 1. The molecule has 28 heavy (non-hydrogen) atoms. The van der Waals surface area contributed by atoms with Gasteiger partial charge in [-0.2, -0.15) is 0 Å². The van der Waals surface area contributed by atoms with Crippen molar-refractivity contribution < 1.29 is 19.1 Å². The van der Waals surface area contributed by atoms with Crippen molar-refractivity contribution in [3.8, 4) is 0 Å². The van der Waals surface area contributed by atoms with Crippen LogP contribution in [-0.2, 0) is 20.7 Å². The van der Waals surface area contributed by atoms with Gasteiger partial charge in [-0.25, -0.2) is 4.79 Å².